The number of anilines is 1. The monoisotopic (exact) mass is 605 g/mol. The fourth-order valence-corrected chi connectivity index (χ4v) is 5.90. The Morgan fingerprint density at radius 3 is 2.15 bits per heavy atom. The van der Waals surface area contributed by atoms with Crippen LogP contribution in [-0.4, -0.2) is 50.9 Å². The third-order valence-electron chi connectivity index (χ3n) is 6.15. The Kier molecular flexibility index (Phi) is 11.2. The first kappa shape index (κ1) is 31.3. The second-order valence-corrected chi connectivity index (χ2v) is 11.5. The highest BCUT2D eigenvalue weighted by atomic mass is 35.5. The zero-order valence-corrected chi connectivity index (χ0v) is 25.0. The number of likely N-dealkylation sites (N-methyl/N-ethyl adjacent to an activating group) is 1. The minimum Gasteiger partial charge on any atom is -0.494 e. The minimum absolute atomic E-state index is 0.0201. The first-order valence-corrected chi connectivity index (χ1v) is 15.1. The summed E-state index contributed by atoms with van der Waals surface area (Å²) in [4.78, 5) is 28.4. The molecule has 0 aliphatic heterocycles. The van der Waals surface area contributed by atoms with Gasteiger partial charge >= 0.3 is 0 Å². The summed E-state index contributed by atoms with van der Waals surface area (Å²) in [6, 6.07) is 18.3. The molecule has 0 heterocycles. The predicted molar refractivity (Wildman–Crippen MR) is 158 cm³/mol. The van der Waals surface area contributed by atoms with Gasteiger partial charge in [-0.3, -0.25) is 13.9 Å². The van der Waals surface area contributed by atoms with E-state index >= 15 is 0 Å². The zero-order valence-electron chi connectivity index (χ0n) is 22.6. The maximum absolute atomic E-state index is 14.0. The van der Waals surface area contributed by atoms with Crippen molar-refractivity contribution in [3.05, 3.63) is 88.4 Å². The summed E-state index contributed by atoms with van der Waals surface area (Å²) in [6.45, 7) is 5.72. The van der Waals surface area contributed by atoms with Crippen LogP contribution in [0.3, 0.4) is 0 Å². The summed E-state index contributed by atoms with van der Waals surface area (Å²) in [5.74, 6) is -0.341. The fraction of sp³-hybridized carbons (Fsp3) is 0.310. The van der Waals surface area contributed by atoms with Crippen molar-refractivity contribution in [2.75, 3.05) is 24.0 Å². The van der Waals surface area contributed by atoms with E-state index in [-0.39, 0.29) is 23.0 Å². The first-order valence-electron chi connectivity index (χ1n) is 12.9. The number of carbonyl (C=O) groups excluding carboxylic acids is 2. The Morgan fingerprint density at radius 2 is 1.57 bits per heavy atom. The van der Waals surface area contributed by atoms with Gasteiger partial charge in [0.05, 0.1) is 17.2 Å². The molecule has 2 amide bonds. The van der Waals surface area contributed by atoms with Gasteiger partial charge in [-0.1, -0.05) is 48.3 Å². The topological polar surface area (TPSA) is 96.0 Å². The van der Waals surface area contributed by atoms with Crippen LogP contribution in [0.5, 0.6) is 5.75 Å². The summed E-state index contributed by atoms with van der Waals surface area (Å²) in [6.07, 6.45) is 0.314. The lowest BCUT2D eigenvalue weighted by molar-refractivity contribution is -0.140. The van der Waals surface area contributed by atoms with Crippen LogP contribution in [-0.2, 0) is 26.2 Å². The highest BCUT2D eigenvalue weighted by Gasteiger charge is 2.33. The van der Waals surface area contributed by atoms with Crippen molar-refractivity contribution in [2.45, 2.75) is 44.7 Å². The summed E-state index contributed by atoms with van der Waals surface area (Å²) in [7, 11) is -4.21. The number of nitrogens with zero attached hydrogens (tertiary/aromatic N) is 2. The molecule has 0 radical (unpaired) electrons. The number of rotatable bonds is 13. The van der Waals surface area contributed by atoms with Crippen molar-refractivity contribution in [1.29, 1.82) is 0 Å². The molecule has 0 aliphatic carbocycles. The van der Waals surface area contributed by atoms with Gasteiger partial charge in [0.1, 0.15) is 18.3 Å². The van der Waals surface area contributed by atoms with E-state index in [0.29, 0.717) is 40.9 Å². The van der Waals surface area contributed by atoms with Gasteiger partial charge in [0.25, 0.3) is 10.0 Å². The zero-order chi connectivity index (χ0) is 29.3. The molecule has 11 heteroatoms. The summed E-state index contributed by atoms with van der Waals surface area (Å²) < 4.78 is 34.3. The Morgan fingerprint density at radius 1 is 0.925 bits per heavy atom. The molecule has 3 aromatic rings. The number of benzene rings is 3. The second-order valence-electron chi connectivity index (χ2n) is 8.82. The molecule has 0 fully saturated rings. The van der Waals surface area contributed by atoms with Gasteiger partial charge in [-0.25, -0.2) is 8.42 Å². The molecule has 1 N–H and O–H groups in total. The number of ether oxygens (including phenoxy) is 1. The van der Waals surface area contributed by atoms with E-state index in [2.05, 4.69) is 5.32 Å². The lowest BCUT2D eigenvalue weighted by Gasteiger charge is -2.33. The third-order valence-corrected chi connectivity index (χ3v) is 8.56. The molecule has 8 nitrogen and oxygen atoms in total. The molecule has 0 saturated carbocycles. The molecule has 0 bridgehead atoms. The van der Waals surface area contributed by atoms with Gasteiger partial charge in [-0.15, -0.1) is 0 Å². The van der Waals surface area contributed by atoms with E-state index in [1.54, 1.807) is 62.4 Å². The number of hydrogen-bond acceptors (Lipinski definition) is 5. The maximum atomic E-state index is 14.0. The van der Waals surface area contributed by atoms with Crippen molar-refractivity contribution in [1.82, 2.24) is 10.2 Å². The van der Waals surface area contributed by atoms with Gasteiger partial charge in [-0.2, -0.15) is 0 Å². The van der Waals surface area contributed by atoms with Crippen LogP contribution in [0.4, 0.5) is 5.69 Å². The standard InChI is InChI=1S/C29H33Cl2N3O5S/c1-4-27(29(36)32-5-2)33(19-21-9-7-8-10-26(21)31)28(35)20-34(23-13-15-24(16-14-23)39-6-3)40(37,38)25-17-11-22(30)12-18-25/h7-18,27H,4-6,19-20H2,1-3H3,(H,32,36)/t27-/m1/s1. The minimum atomic E-state index is -4.21. The molecule has 0 spiro atoms. The normalized spacial score (nSPS) is 11.9. The Hall–Kier alpha value is -3.27. The number of carbonyl (C=O) groups is 2. The highest BCUT2D eigenvalue weighted by molar-refractivity contribution is 7.92. The fourth-order valence-electron chi connectivity index (χ4n) is 4.16. The molecule has 40 heavy (non-hydrogen) atoms. The second kappa shape index (κ2) is 14.4. The molecule has 214 valence electrons. The maximum Gasteiger partial charge on any atom is 0.264 e. The van der Waals surface area contributed by atoms with Gasteiger partial charge in [-0.05, 0) is 80.4 Å². The molecule has 0 aromatic heterocycles. The lowest BCUT2D eigenvalue weighted by atomic mass is 10.1. The Balaban J connectivity index is 2.07. The summed E-state index contributed by atoms with van der Waals surface area (Å²) >= 11 is 12.4. The molecule has 0 saturated heterocycles. The van der Waals surface area contributed by atoms with Gasteiger partial charge in [0, 0.05) is 23.1 Å². The molecular weight excluding hydrogens is 573 g/mol. The number of sulfonamides is 1. The van der Waals surface area contributed by atoms with Crippen LogP contribution in [0, 0.1) is 0 Å². The van der Waals surface area contributed by atoms with E-state index in [1.807, 2.05) is 6.92 Å². The molecule has 1 atom stereocenters. The predicted octanol–water partition coefficient (Wildman–Crippen LogP) is 5.53. The first-order chi connectivity index (χ1) is 19.1. The van der Waals surface area contributed by atoms with Crippen LogP contribution in [0.2, 0.25) is 10.0 Å². The van der Waals surface area contributed by atoms with Gasteiger partial charge < -0.3 is 15.0 Å². The van der Waals surface area contributed by atoms with E-state index in [1.165, 1.54) is 29.2 Å². The van der Waals surface area contributed by atoms with Crippen LogP contribution in [0.25, 0.3) is 0 Å². The van der Waals surface area contributed by atoms with Crippen LogP contribution in [0.1, 0.15) is 32.8 Å². The van der Waals surface area contributed by atoms with Crippen molar-refractivity contribution >= 4 is 50.7 Å². The average Bonchev–Trinajstić information content (AvgIpc) is 2.93. The van der Waals surface area contributed by atoms with Crippen LogP contribution >= 0.6 is 23.2 Å². The van der Waals surface area contributed by atoms with Gasteiger partial charge in [0.2, 0.25) is 11.8 Å². The quantitative estimate of drug-likeness (QED) is 0.276. The number of amides is 2. The van der Waals surface area contributed by atoms with Crippen molar-refractivity contribution < 1.29 is 22.7 Å². The van der Waals surface area contributed by atoms with Gasteiger partial charge in [0.15, 0.2) is 0 Å². The van der Waals surface area contributed by atoms with E-state index in [0.717, 1.165) is 4.31 Å². The SMILES string of the molecule is CCNC(=O)[C@@H](CC)N(Cc1ccccc1Cl)C(=O)CN(c1ccc(OCC)cc1)S(=O)(=O)c1ccc(Cl)cc1. The van der Waals surface area contributed by atoms with Crippen LogP contribution in [0.15, 0.2) is 77.7 Å². The van der Waals surface area contributed by atoms with E-state index in [9.17, 15) is 18.0 Å². The number of nitrogens with one attached hydrogen (secondary N) is 1. The molecule has 0 aliphatic rings. The lowest BCUT2D eigenvalue weighted by Crippen LogP contribution is -2.52. The van der Waals surface area contributed by atoms with Crippen molar-refractivity contribution in [3.8, 4) is 5.75 Å². The number of halogens is 2. The third kappa shape index (κ3) is 7.68. The highest BCUT2D eigenvalue weighted by Crippen LogP contribution is 2.28. The van der Waals surface area contributed by atoms with Crippen molar-refractivity contribution in [2.24, 2.45) is 0 Å². The molecule has 3 aromatic carbocycles. The van der Waals surface area contributed by atoms with E-state index in [4.69, 9.17) is 27.9 Å². The van der Waals surface area contributed by atoms with E-state index < -0.39 is 28.5 Å². The smallest absolute Gasteiger partial charge is 0.264 e. The average molecular weight is 607 g/mol. The van der Waals surface area contributed by atoms with Crippen molar-refractivity contribution in [3.63, 3.8) is 0 Å². The molecular formula is C29H33Cl2N3O5S. The summed E-state index contributed by atoms with van der Waals surface area (Å²) in [5, 5.41) is 3.58. The Bertz CT molecular complexity index is 1400. The van der Waals surface area contributed by atoms with Crippen LogP contribution < -0.4 is 14.4 Å². The summed E-state index contributed by atoms with van der Waals surface area (Å²) in [5.41, 5.74) is 0.893. The molecule has 3 rings (SSSR count). The Labute approximate surface area is 245 Å². The molecule has 0 unspecified atom stereocenters. The largest absolute Gasteiger partial charge is 0.494 e. The number of hydrogen-bond donors (Lipinski definition) is 1.